The number of hydrogen-bond donors (Lipinski definition) is 1. The Balaban J connectivity index is 2.05. The van der Waals surface area contributed by atoms with Crippen molar-refractivity contribution in [1.82, 2.24) is 9.97 Å². The van der Waals surface area contributed by atoms with Gasteiger partial charge in [-0.25, -0.2) is 18.7 Å². The van der Waals surface area contributed by atoms with E-state index in [0.29, 0.717) is 11.7 Å². The van der Waals surface area contributed by atoms with E-state index >= 15 is 0 Å². The molecular formula is C12H14F4IN3O. The fourth-order valence-corrected chi connectivity index (χ4v) is 2.66. The summed E-state index contributed by atoms with van der Waals surface area (Å²) in [5, 5.41) is 2.90. The summed E-state index contributed by atoms with van der Waals surface area (Å²) >= 11 is 2.12. The van der Waals surface area contributed by atoms with E-state index in [0.717, 1.165) is 22.1 Å². The Kier molecular flexibility index (Phi) is 5.23. The van der Waals surface area contributed by atoms with Gasteiger partial charge in [-0.15, -0.1) is 0 Å². The zero-order valence-corrected chi connectivity index (χ0v) is 13.3. The number of hydrogen-bond acceptors (Lipinski definition) is 4. The average Bonchev–Trinajstić information content (AvgIpc) is 3.24. The molecule has 1 fully saturated rings. The molecule has 0 bridgehead atoms. The standard InChI is InChI=1S/C12H14F4IN3O/c1-18-10-8(17)9(6-2-3-6)19-7(20-10)4-21-5-12(15,16)11(13)14/h6,11H,2-5H2,1H3,(H,18,19,20). The van der Waals surface area contributed by atoms with E-state index < -0.39 is 19.0 Å². The van der Waals surface area contributed by atoms with Crippen LogP contribution in [0.1, 0.15) is 30.3 Å². The zero-order valence-electron chi connectivity index (χ0n) is 11.2. The lowest BCUT2D eigenvalue weighted by molar-refractivity contribution is -0.168. The summed E-state index contributed by atoms with van der Waals surface area (Å²) in [4.78, 5) is 8.43. The van der Waals surface area contributed by atoms with E-state index in [1.807, 2.05) is 0 Å². The lowest BCUT2D eigenvalue weighted by atomic mass is 10.2. The fourth-order valence-electron chi connectivity index (χ4n) is 1.71. The molecule has 0 spiro atoms. The molecule has 118 valence electrons. The highest BCUT2D eigenvalue weighted by Gasteiger charge is 2.41. The van der Waals surface area contributed by atoms with Gasteiger partial charge < -0.3 is 10.1 Å². The molecule has 0 unspecified atom stereocenters. The third-order valence-electron chi connectivity index (χ3n) is 2.97. The van der Waals surface area contributed by atoms with Crippen LogP contribution >= 0.6 is 22.6 Å². The SMILES string of the molecule is CNc1nc(COCC(F)(F)C(F)F)nc(C2CC2)c1I. The fraction of sp³-hybridized carbons (Fsp3) is 0.667. The van der Waals surface area contributed by atoms with E-state index in [9.17, 15) is 17.6 Å². The Morgan fingerprint density at radius 3 is 2.57 bits per heavy atom. The minimum atomic E-state index is -4.16. The molecule has 0 atom stereocenters. The van der Waals surface area contributed by atoms with E-state index in [1.165, 1.54) is 0 Å². The number of alkyl halides is 4. The molecule has 1 aromatic heterocycles. The van der Waals surface area contributed by atoms with Gasteiger partial charge in [0.2, 0.25) is 0 Å². The van der Waals surface area contributed by atoms with E-state index in [2.05, 4.69) is 42.6 Å². The van der Waals surface area contributed by atoms with Gasteiger partial charge in [0.25, 0.3) is 0 Å². The molecule has 9 heteroatoms. The van der Waals surface area contributed by atoms with Gasteiger partial charge in [-0.05, 0) is 35.4 Å². The molecule has 1 heterocycles. The summed E-state index contributed by atoms with van der Waals surface area (Å²) in [6, 6.07) is 0. The lowest BCUT2D eigenvalue weighted by Gasteiger charge is -2.15. The van der Waals surface area contributed by atoms with Gasteiger partial charge in [-0.3, -0.25) is 0 Å². The van der Waals surface area contributed by atoms with Gasteiger partial charge >= 0.3 is 12.3 Å². The molecule has 2 rings (SSSR count). The van der Waals surface area contributed by atoms with Gasteiger partial charge in [-0.1, -0.05) is 0 Å². The molecule has 0 radical (unpaired) electrons. The first-order valence-corrected chi connectivity index (χ1v) is 7.40. The maximum atomic E-state index is 12.7. The summed E-state index contributed by atoms with van der Waals surface area (Å²) in [6.45, 7) is -1.68. The van der Waals surface area contributed by atoms with Crippen molar-refractivity contribution in [2.24, 2.45) is 0 Å². The third kappa shape index (κ3) is 4.15. The van der Waals surface area contributed by atoms with E-state index in [1.54, 1.807) is 7.05 Å². The Hall–Kier alpha value is -0.710. The maximum Gasteiger partial charge on any atom is 0.330 e. The molecule has 1 aliphatic carbocycles. The molecule has 0 aromatic carbocycles. The van der Waals surface area contributed by atoms with Crippen molar-refractivity contribution < 1.29 is 22.3 Å². The second kappa shape index (κ2) is 6.59. The van der Waals surface area contributed by atoms with Gasteiger partial charge in [0, 0.05) is 13.0 Å². The van der Waals surface area contributed by atoms with Crippen LogP contribution in [0.5, 0.6) is 0 Å². The molecule has 1 aromatic rings. The van der Waals surface area contributed by atoms with Crippen molar-refractivity contribution in [2.45, 2.75) is 37.7 Å². The van der Waals surface area contributed by atoms with Gasteiger partial charge in [0.05, 0.1) is 9.26 Å². The largest absolute Gasteiger partial charge is 0.372 e. The first kappa shape index (κ1) is 16.7. The monoisotopic (exact) mass is 419 g/mol. The van der Waals surface area contributed by atoms with Crippen LogP contribution < -0.4 is 5.32 Å². The highest BCUT2D eigenvalue weighted by molar-refractivity contribution is 14.1. The first-order valence-electron chi connectivity index (χ1n) is 6.33. The predicted octanol–water partition coefficient (Wildman–Crippen LogP) is 3.42. The van der Waals surface area contributed by atoms with Crippen LogP contribution in [0.3, 0.4) is 0 Å². The van der Waals surface area contributed by atoms with Crippen LogP contribution in [0.4, 0.5) is 23.4 Å². The second-order valence-electron chi connectivity index (χ2n) is 4.77. The van der Waals surface area contributed by atoms with Crippen LogP contribution in [0.25, 0.3) is 0 Å². The number of anilines is 1. The number of aromatic nitrogens is 2. The summed E-state index contributed by atoms with van der Waals surface area (Å²) < 4.78 is 55.1. The quantitative estimate of drug-likeness (QED) is 0.544. The van der Waals surface area contributed by atoms with Crippen LogP contribution in [-0.4, -0.2) is 36.0 Å². The van der Waals surface area contributed by atoms with Crippen LogP contribution in [-0.2, 0) is 11.3 Å². The summed E-state index contributed by atoms with van der Waals surface area (Å²) in [5.41, 5.74) is 0.856. The highest BCUT2D eigenvalue weighted by Crippen LogP contribution is 2.42. The van der Waals surface area contributed by atoms with Crippen molar-refractivity contribution in [1.29, 1.82) is 0 Å². The highest BCUT2D eigenvalue weighted by atomic mass is 127. The second-order valence-corrected chi connectivity index (χ2v) is 5.85. The molecule has 21 heavy (non-hydrogen) atoms. The smallest absolute Gasteiger partial charge is 0.330 e. The number of nitrogens with zero attached hydrogens (tertiary/aromatic N) is 2. The van der Waals surface area contributed by atoms with Crippen molar-refractivity contribution >= 4 is 28.4 Å². The molecule has 0 saturated heterocycles. The summed E-state index contributed by atoms with van der Waals surface area (Å²) in [6.07, 6.45) is -1.69. The Bertz CT molecular complexity index is 512. The molecule has 0 amide bonds. The molecule has 0 aliphatic heterocycles. The molecular weight excluding hydrogens is 405 g/mol. The minimum absolute atomic E-state index is 0.215. The number of nitrogens with one attached hydrogen (secondary N) is 1. The van der Waals surface area contributed by atoms with Gasteiger partial charge in [-0.2, -0.15) is 8.78 Å². The minimum Gasteiger partial charge on any atom is -0.372 e. The van der Waals surface area contributed by atoms with Crippen molar-refractivity contribution in [3.63, 3.8) is 0 Å². The Morgan fingerprint density at radius 2 is 2.05 bits per heavy atom. The lowest BCUT2D eigenvalue weighted by Crippen LogP contribution is -2.32. The summed E-state index contributed by atoms with van der Waals surface area (Å²) in [7, 11) is 1.69. The normalized spacial score (nSPS) is 15.6. The van der Waals surface area contributed by atoms with Crippen LogP contribution in [0.2, 0.25) is 0 Å². The summed E-state index contributed by atoms with van der Waals surface area (Å²) in [5.74, 6) is -3.00. The third-order valence-corrected chi connectivity index (χ3v) is 4.03. The van der Waals surface area contributed by atoms with E-state index in [4.69, 9.17) is 0 Å². The Morgan fingerprint density at radius 1 is 1.38 bits per heavy atom. The van der Waals surface area contributed by atoms with Gasteiger partial charge in [0.15, 0.2) is 5.82 Å². The van der Waals surface area contributed by atoms with E-state index in [-0.39, 0.29) is 12.4 Å². The van der Waals surface area contributed by atoms with Crippen molar-refractivity contribution in [2.75, 3.05) is 19.0 Å². The Labute approximate surface area is 132 Å². The van der Waals surface area contributed by atoms with Crippen molar-refractivity contribution in [3.05, 3.63) is 15.1 Å². The molecule has 1 saturated carbocycles. The number of rotatable bonds is 7. The maximum absolute atomic E-state index is 12.7. The molecule has 1 N–H and O–H groups in total. The van der Waals surface area contributed by atoms with Crippen molar-refractivity contribution in [3.8, 4) is 0 Å². The van der Waals surface area contributed by atoms with Crippen LogP contribution in [0.15, 0.2) is 0 Å². The first-order chi connectivity index (χ1) is 9.85. The predicted molar refractivity (Wildman–Crippen MR) is 76.9 cm³/mol. The zero-order chi connectivity index (χ0) is 15.6. The topological polar surface area (TPSA) is 47.0 Å². The molecule has 4 nitrogen and oxygen atoms in total. The molecule has 1 aliphatic rings. The average molecular weight is 419 g/mol. The van der Waals surface area contributed by atoms with Gasteiger partial charge in [0.1, 0.15) is 19.0 Å². The number of halogens is 5. The number of ether oxygens (including phenoxy) is 1. The van der Waals surface area contributed by atoms with Crippen LogP contribution in [0, 0.1) is 3.57 Å².